The van der Waals surface area contributed by atoms with E-state index < -0.39 is 42.4 Å². The van der Waals surface area contributed by atoms with Gasteiger partial charge in [-0.25, -0.2) is 4.98 Å². The fourth-order valence-electron chi connectivity index (χ4n) is 7.07. The van der Waals surface area contributed by atoms with E-state index in [9.17, 15) is 9.90 Å². The molecule has 0 unspecified atom stereocenters. The zero-order chi connectivity index (χ0) is 44.2. The second-order valence-electron chi connectivity index (χ2n) is 22.2. The Hall–Kier alpha value is -1.22. The standard InChI is InChI=1S/C46H85NO6SSi3/c1-32(25-26-38(51-55(15,16)43(6,7)8)34(3)29-37-31-54-36(5)47-37)23-21-24-33(2)41(53-57(19,20)45(12,13)14)35(4)42(50)46(27-22-28-46)39(30-40(48)49)52-56(17,18)44(9,10)11/h25,29,31,33,35,38-39,41H,21-24,26-28,30H2,1-20H3,(H,48,49)/b32-25-,34-29+/t33-,35+,38-,39-,41-/m0/s1. The summed E-state index contributed by atoms with van der Waals surface area (Å²) in [6, 6.07) is 0. The molecule has 0 aromatic carbocycles. The SMILES string of the molecule is C/C(=C/C[C@H](O[Si](C)(C)C(C)(C)C)/C(C)=C/c1csc(C)n1)CCC[C@H](C)[C@H](O[Si](C)(C)C(C)(C)C)[C@@H](C)C(=O)C1([C@H](CC(=O)O)O[Si](C)(C)C(C)(C)C)CCC1. The molecule has 2 rings (SSSR count). The molecule has 1 saturated carbocycles. The number of thiazole rings is 1. The first-order valence-corrected chi connectivity index (χ1v) is 31.3. The Morgan fingerprint density at radius 3 is 1.82 bits per heavy atom. The van der Waals surface area contributed by atoms with Crippen molar-refractivity contribution >= 4 is 54.1 Å². The van der Waals surface area contributed by atoms with Crippen molar-refractivity contribution in [1.82, 2.24) is 4.98 Å². The fourth-order valence-corrected chi connectivity index (χ4v) is 11.8. The Morgan fingerprint density at radius 2 is 1.39 bits per heavy atom. The first-order valence-electron chi connectivity index (χ1n) is 21.7. The van der Waals surface area contributed by atoms with Crippen LogP contribution in [0, 0.1) is 24.2 Å². The number of aliphatic carboxylic acids is 1. The predicted molar refractivity (Wildman–Crippen MR) is 251 cm³/mol. The van der Waals surface area contributed by atoms with Crippen LogP contribution in [0.4, 0.5) is 0 Å². The summed E-state index contributed by atoms with van der Waals surface area (Å²) in [6.07, 6.45) is 9.45. The zero-order valence-corrected chi connectivity index (χ0v) is 43.9. The first kappa shape index (κ1) is 51.9. The van der Waals surface area contributed by atoms with Crippen molar-refractivity contribution in [1.29, 1.82) is 0 Å². The highest BCUT2D eigenvalue weighted by Gasteiger charge is 2.56. The van der Waals surface area contributed by atoms with Crippen LogP contribution in [-0.2, 0) is 22.9 Å². The summed E-state index contributed by atoms with van der Waals surface area (Å²) in [5, 5.41) is 13.3. The van der Waals surface area contributed by atoms with Gasteiger partial charge in [0.05, 0.1) is 40.8 Å². The van der Waals surface area contributed by atoms with E-state index >= 15 is 4.79 Å². The molecule has 0 radical (unpaired) electrons. The van der Waals surface area contributed by atoms with Gasteiger partial charge in [0.15, 0.2) is 25.0 Å². The Balaban J connectivity index is 2.36. The third kappa shape index (κ3) is 13.9. The van der Waals surface area contributed by atoms with E-state index in [2.05, 4.69) is 147 Å². The third-order valence-corrected chi connectivity index (χ3v) is 28.6. The molecular weight excluding hydrogens is 779 g/mol. The van der Waals surface area contributed by atoms with Crippen LogP contribution in [0.5, 0.6) is 0 Å². The molecule has 11 heteroatoms. The minimum Gasteiger partial charge on any atom is -0.481 e. The molecule has 1 aromatic heterocycles. The minimum atomic E-state index is -2.36. The number of rotatable bonds is 21. The summed E-state index contributed by atoms with van der Waals surface area (Å²) in [5.74, 6) is -1.01. The van der Waals surface area contributed by atoms with Crippen molar-refractivity contribution in [2.45, 2.75) is 221 Å². The topological polar surface area (TPSA) is 95.0 Å². The van der Waals surface area contributed by atoms with E-state index in [0.29, 0.717) is 12.8 Å². The zero-order valence-electron chi connectivity index (χ0n) is 40.1. The number of aryl methyl sites for hydroxylation is 1. The second-order valence-corrected chi connectivity index (χ2v) is 37.5. The van der Waals surface area contributed by atoms with Crippen molar-refractivity contribution in [3.05, 3.63) is 33.3 Å². The molecule has 0 aliphatic heterocycles. The molecule has 1 aliphatic rings. The monoisotopic (exact) mass is 864 g/mol. The molecule has 57 heavy (non-hydrogen) atoms. The fraction of sp³-hybridized carbons (Fsp3) is 0.804. The van der Waals surface area contributed by atoms with Crippen molar-refractivity contribution < 1.29 is 28.0 Å². The van der Waals surface area contributed by atoms with Crippen molar-refractivity contribution in [2.75, 3.05) is 0 Å². The Bertz CT molecular complexity index is 1550. The van der Waals surface area contributed by atoms with Crippen LogP contribution in [0.2, 0.25) is 54.4 Å². The molecule has 1 aromatic rings. The molecule has 1 N–H and O–H groups in total. The quantitative estimate of drug-likeness (QED) is 0.0971. The minimum absolute atomic E-state index is 0.0135. The van der Waals surface area contributed by atoms with Gasteiger partial charge in [-0.2, -0.15) is 0 Å². The van der Waals surface area contributed by atoms with E-state index in [1.54, 1.807) is 11.3 Å². The molecule has 7 nitrogen and oxygen atoms in total. The van der Waals surface area contributed by atoms with Gasteiger partial charge in [0.2, 0.25) is 0 Å². The van der Waals surface area contributed by atoms with Crippen LogP contribution in [0.25, 0.3) is 6.08 Å². The molecule has 0 spiro atoms. The summed E-state index contributed by atoms with van der Waals surface area (Å²) < 4.78 is 21.2. The number of aromatic nitrogens is 1. The van der Waals surface area contributed by atoms with E-state index in [0.717, 1.165) is 42.8 Å². The number of carboxylic acids is 1. The number of carboxylic acid groups (broad SMARTS) is 1. The van der Waals surface area contributed by atoms with Crippen LogP contribution >= 0.6 is 11.3 Å². The van der Waals surface area contributed by atoms with Gasteiger partial charge < -0.3 is 18.4 Å². The number of carbonyl (C=O) groups is 2. The molecule has 0 bridgehead atoms. The molecule has 0 saturated heterocycles. The number of hydrogen-bond acceptors (Lipinski definition) is 7. The van der Waals surface area contributed by atoms with Crippen molar-refractivity contribution in [3.63, 3.8) is 0 Å². The molecule has 1 heterocycles. The second kappa shape index (κ2) is 19.7. The summed E-state index contributed by atoms with van der Waals surface area (Å²) in [7, 11) is -6.66. The molecule has 328 valence electrons. The van der Waals surface area contributed by atoms with Crippen LogP contribution < -0.4 is 0 Å². The van der Waals surface area contributed by atoms with Gasteiger partial charge in [-0.05, 0) is 131 Å². The van der Waals surface area contributed by atoms with Gasteiger partial charge in [-0.3, -0.25) is 9.59 Å². The van der Waals surface area contributed by atoms with Gasteiger partial charge >= 0.3 is 5.97 Å². The number of Topliss-reactive ketones (excluding diaryl/α,β-unsaturated/α-hetero) is 1. The van der Waals surface area contributed by atoms with E-state index in [-0.39, 0.29) is 51.4 Å². The summed E-state index contributed by atoms with van der Waals surface area (Å²) in [4.78, 5) is 32.0. The largest absolute Gasteiger partial charge is 0.481 e. The normalized spacial score (nSPS) is 19.1. The van der Waals surface area contributed by atoms with Crippen LogP contribution in [0.3, 0.4) is 0 Å². The van der Waals surface area contributed by atoms with Crippen LogP contribution in [0.1, 0.15) is 152 Å². The lowest BCUT2D eigenvalue weighted by Gasteiger charge is -2.52. The van der Waals surface area contributed by atoms with Crippen molar-refractivity contribution in [3.8, 4) is 0 Å². The van der Waals surface area contributed by atoms with Gasteiger partial charge in [-0.15, -0.1) is 11.3 Å². The summed E-state index contributed by atoms with van der Waals surface area (Å²) >= 11 is 1.67. The van der Waals surface area contributed by atoms with E-state index in [1.807, 2.05) is 6.92 Å². The van der Waals surface area contributed by atoms with Crippen molar-refractivity contribution in [2.24, 2.45) is 17.3 Å². The molecule has 1 aliphatic carbocycles. The summed E-state index contributed by atoms with van der Waals surface area (Å²) in [5.41, 5.74) is 2.76. The lowest BCUT2D eigenvalue weighted by atomic mass is 9.58. The average Bonchev–Trinajstić information content (AvgIpc) is 3.42. The van der Waals surface area contributed by atoms with Gasteiger partial charge in [0.1, 0.15) is 5.78 Å². The summed E-state index contributed by atoms with van der Waals surface area (Å²) in [6.45, 7) is 44.4. The lowest BCUT2D eigenvalue weighted by Crippen LogP contribution is -2.58. The smallest absolute Gasteiger partial charge is 0.305 e. The molecule has 5 atom stereocenters. The number of allylic oxidation sites excluding steroid dienone is 1. The van der Waals surface area contributed by atoms with Gasteiger partial charge in [0.25, 0.3) is 0 Å². The Labute approximate surface area is 357 Å². The molecular formula is C46H85NO6SSi3. The van der Waals surface area contributed by atoms with E-state index in [1.165, 1.54) is 11.1 Å². The highest BCUT2D eigenvalue weighted by Crippen LogP contribution is 2.52. The Morgan fingerprint density at radius 1 is 0.877 bits per heavy atom. The number of carbonyl (C=O) groups excluding carboxylic acids is 1. The van der Waals surface area contributed by atoms with E-state index in [4.69, 9.17) is 18.3 Å². The third-order valence-electron chi connectivity index (χ3n) is 14.3. The highest BCUT2D eigenvalue weighted by atomic mass is 32.1. The number of hydrogen-bond donors (Lipinski definition) is 1. The number of nitrogens with zero attached hydrogens (tertiary/aromatic N) is 1. The predicted octanol–water partition coefficient (Wildman–Crippen LogP) is 14.0. The average molecular weight is 865 g/mol. The maximum absolute atomic E-state index is 15.0. The van der Waals surface area contributed by atoms with Crippen LogP contribution in [-0.4, -0.2) is 65.1 Å². The molecule has 0 amide bonds. The van der Waals surface area contributed by atoms with Gasteiger partial charge in [-0.1, -0.05) is 94.2 Å². The maximum Gasteiger partial charge on any atom is 0.305 e. The van der Waals surface area contributed by atoms with Crippen LogP contribution in [0.15, 0.2) is 22.6 Å². The first-order chi connectivity index (χ1) is 25.7. The lowest BCUT2D eigenvalue weighted by molar-refractivity contribution is -0.156. The Kier molecular flexibility index (Phi) is 17.9. The van der Waals surface area contributed by atoms with Gasteiger partial charge in [0, 0.05) is 11.3 Å². The molecule has 1 fully saturated rings. The number of ketones is 1. The maximum atomic E-state index is 15.0. The highest BCUT2D eigenvalue weighted by molar-refractivity contribution is 7.09.